The summed E-state index contributed by atoms with van der Waals surface area (Å²) >= 11 is 1.98. The summed E-state index contributed by atoms with van der Waals surface area (Å²) < 4.78 is 28.7. The number of thiazole rings is 1. The maximum atomic E-state index is 13.8. The molecule has 2 aliphatic heterocycles. The Morgan fingerprint density at radius 3 is 2.27 bits per heavy atom. The molecule has 3 amide bonds. The maximum Gasteiger partial charge on any atom is 0.308 e. The average molecular weight is 578 g/mol. The van der Waals surface area contributed by atoms with Gasteiger partial charge in [-0.3, -0.25) is 23.7 Å². The number of nitrogens with zero attached hydrogens (tertiary/aromatic N) is 2. The highest BCUT2D eigenvalue weighted by Crippen LogP contribution is 2.53. The van der Waals surface area contributed by atoms with Crippen LogP contribution >= 0.6 is 23.1 Å². The van der Waals surface area contributed by atoms with Gasteiger partial charge in [-0.1, -0.05) is 47.4 Å². The number of hydrogen-bond donors (Lipinski definition) is 1. The molecule has 1 saturated heterocycles. The van der Waals surface area contributed by atoms with Crippen LogP contribution in [-0.4, -0.2) is 27.5 Å². The third kappa shape index (κ3) is 4.54. The first-order valence-electron chi connectivity index (χ1n) is 12.4. The number of hydrogen-bond acceptors (Lipinski definition) is 6. The van der Waals surface area contributed by atoms with Crippen molar-refractivity contribution in [3.05, 3.63) is 110 Å². The lowest BCUT2D eigenvalue weighted by Crippen LogP contribution is -2.33. The Morgan fingerprint density at radius 1 is 0.925 bits per heavy atom. The number of anilines is 2. The number of amides is 3. The third-order valence-electron chi connectivity index (χ3n) is 6.97. The molecule has 1 fully saturated rings. The number of aryl methyl sites for hydroxylation is 1. The highest BCUT2D eigenvalue weighted by atomic mass is 32.2. The topological polar surface area (TPSA) is 88.5 Å². The Morgan fingerprint density at radius 2 is 1.60 bits per heavy atom. The smallest absolute Gasteiger partial charge is 0.308 e. The van der Waals surface area contributed by atoms with Crippen molar-refractivity contribution in [1.29, 1.82) is 0 Å². The van der Waals surface area contributed by atoms with E-state index in [4.69, 9.17) is 0 Å². The first-order chi connectivity index (χ1) is 19.2. The summed E-state index contributed by atoms with van der Waals surface area (Å²) in [6.07, 6.45) is 0. The van der Waals surface area contributed by atoms with E-state index in [1.165, 1.54) is 53.1 Å². The molecular formula is C29H21F2N3O4S2. The number of benzene rings is 3. The lowest BCUT2D eigenvalue weighted by atomic mass is 9.83. The normalized spacial score (nSPS) is 19.9. The number of nitrogens with one attached hydrogen (secondary N) is 1. The summed E-state index contributed by atoms with van der Waals surface area (Å²) in [5, 5.41) is 2.32. The SMILES string of the molecule is Cc1cccc(NC(=O)Cn2c3c(sc2=O)[C@@H](c2ccc(F)cc2)[C@@H]2C(=O)N(c4ccc(F)cc4)C(=O)[C@@H]2S3)c1. The quantitative estimate of drug-likeness (QED) is 0.340. The van der Waals surface area contributed by atoms with E-state index in [2.05, 4.69) is 5.32 Å². The molecule has 3 aromatic carbocycles. The van der Waals surface area contributed by atoms with Crippen molar-refractivity contribution in [1.82, 2.24) is 4.57 Å². The molecule has 0 spiro atoms. The van der Waals surface area contributed by atoms with E-state index in [9.17, 15) is 28.0 Å². The van der Waals surface area contributed by atoms with Crippen LogP contribution in [0.1, 0.15) is 21.9 Å². The first-order valence-corrected chi connectivity index (χ1v) is 14.1. The molecule has 3 atom stereocenters. The fraction of sp³-hybridized carbons (Fsp3) is 0.172. The molecule has 11 heteroatoms. The van der Waals surface area contributed by atoms with Gasteiger partial charge >= 0.3 is 4.87 Å². The highest BCUT2D eigenvalue weighted by Gasteiger charge is 2.56. The zero-order chi connectivity index (χ0) is 28.1. The highest BCUT2D eigenvalue weighted by molar-refractivity contribution is 8.00. The lowest BCUT2D eigenvalue weighted by Gasteiger charge is -2.30. The van der Waals surface area contributed by atoms with Gasteiger partial charge in [-0.15, -0.1) is 0 Å². The Bertz CT molecular complexity index is 1720. The van der Waals surface area contributed by atoms with Gasteiger partial charge in [-0.2, -0.15) is 0 Å². The van der Waals surface area contributed by atoms with Crippen LogP contribution in [0.5, 0.6) is 0 Å². The van der Waals surface area contributed by atoms with Crippen LogP contribution in [0, 0.1) is 24.5 Å². The predicted octanol–water partition coefficient (Wildman–Crippen LogP) is 4.93. The third-order valence-corrected chi connectivity index (χ3v) is 9.57. The molecule has 1 aromatic heterocycles. The molecular weight excluding hydrogens is 556 g/mol. The van der Waals surface area contributed by atoms with Gasteiger partial charge in [0.25, 0.3) is 0 Å². The molecule has 4 aromatic rings. The first kappa shape index (κ1) is 26.1. The molecule has 0 bridgehead atoms. The van der Waals surface area contributed by atoms with Gasteiger partial charge in [-0.05, 0) is 66.6 Å². The zero-order valence-electron chi connectivity index (χ0n) is 21.0. The minimum atomic E-state index is -0.903. The summed E-state index contributed by atoms with van der Waals surface area (Å²) in [6.45, 7) is 1.61. The van der Waals surface area contributed by atoms with E-state index in [0.29, 0.717) is 21.2 Å². The Hall–Kier alpha value is -4.09. The number of carbonyl (C=O) groups is 3. The monoisotopic (exact) mass is 577 g/mol. The molecule has 40 heavy (non-hydrogen) atoms. The predicted molar refractivity (Wildman–Crippen MR) is 149 cm³/mol. The molecule has 0 radical (unpaired) electrons. The van der Waals surface area contributed by atoms with Crippen LogP contribution in [0.2, 0.25) is 0 Å². The molecule has 202 valence electrons. The van der Waals surface area contributed by atoms with Crippen molar-refractivity contribution < 1.29 is 23.2 Å². The van der Waals surface area contributed by atoms with Gasteiger partial charge in [0.2, 0.25) is 17.7 Å². The van der Waals surface area contributed by atoms with E-state index in [1.54, 1.807) is 12.1 Å². The van der Waals surface area contributed by atoms with Crippen molar-refractivity contribution in [2.75, 3.05) is 10.2 Å². The fourth-order valence-corrected chi connectivity index (χ4v) is 7.97. The Labute approximate surface area is 235 Å². The van der Waals surface area contributed by atoms with Gasteiger partial charge in [0.1, 0.15) is 23.4 Å². The number of thioether (sulfide) groups is 1. The van der Waals surface area contributed by atoms with E-state index in [1.807, 2.05) is 19.1 Å². The summed E-state index contributed by atoms with van der Waals surface area (Å²) in [7, 11) is 0. The van der Waals surface area contributed by atoms with Gasteiger partial charge < -0.3 is 5.32 Å². The van der Waals surface area contributed by atoms with Gasteiger partial charge in [0.05, 0.1) is 16.6 Å². The van der Waals surface area contributed by atoms with Crippen LogP contribution < -0.4 is 15.1 Å². The summed E-state index contributed by atoms with van der Waals surface area (Å²) in [4.78, 5) is 54.8. The molecule has 3 heterocycles. The summed E-state index contributed by atoms with van der Waals surface area (Å²) in [6, 6.07) is 17.9. The second kappa shape index (κ2) is 10.1. The minimum Gasteiger partial charge on any atom is -0.325 e. The average Bonchev–Trinajstić information content (AvgIpc) is 3.36. The molecule has 2 aliphatic rings. The van der Waals surface area contributed by atoms with Crippen molar-refractivity contribution in [2.24, 2.45) is 5.92 Å². The zero-order valence-corrected chi connectivity index (χ0v) is 22.6. The van der Waals surface area contributed by atoms with Crippen molar-refractivity contribution in [3.8, 4) is 0 Å². The molecule has 7 nitrogen and oxygen atoms in total. The second-order valence-electron chi connectivity index (χ2n) is 9.62. The Balaban J connectivity index is 1.41. The number of carbonyl (C=O) groups excluding carboxylic acids is 3. The number of halogens is 2. The summed E-state index contributed by atoms with van der Waals surface area (Å²) in [5.41, 5.74) is 2.35. The molecule has 0 unspecified atom stereocenters. The standard InChI is InChI=1S/C29H21F2N3O4S2/c1-15-3-2-4-19(13-15)32-21(35)14-33-28-25(40-29(33)38)22(16-5-7-17(30)8-6-16)23-24(39-28)27(37)34(26(23)36)20-11-9-18(31)10-12-20/h2-13,22-24H,14H2,1H3,(H,32,35)/t22-,23-,24+/m0/s1. The van der Waals surface area contributed by atoms with Crippen LogP contribution in [0.3, 0.4) is 0 Å². The largest absolute Gasteiger partial charge is 0.325 e. The molecule has 0 saturated carbocycles. The molecule has 0 aliphatic carbocycles. The summed E-state index contributed by atoms with van der Waals surface area (Å²) in [5.74, 6) is -3.98. The van der Waals surface area contributed by atoms with Crippen molar-refractivity contribution in [3.63, 3.8) is 0 Å². The number of fused-ring (bicyclic) bond motifs is 2. The van der Waals surface area contributed by atoms with Gasteiger partial charge in [-0.25, -0.2) is 13.7 Å². The maximum absolute atomic E-state index is 13.8. The lowest BCUT2D eigenvalue weighted by molar-refractivity contribution is -0.122. The number of imide groups is 1. The van der Waals surface area contributed by atoms with Crippen molar-refractivity contribution in [2.45, 2.75) is 29.7 Å². The second-order valence-corrected chi connectivity index (χ2v) is 11.7. The molecule has 6 rings (SSSR count). The van der Waals surface area contributed by atoms with E-state index in [-0.39, 0.29) is 12.2 Å². The van der Waals surface area contributed by atoms with Gasteiger partial charge in [0, 0.05) is 16.5 Å². The minimum absolute atomic E-state index is 0.238. The van der Waals surface area contributed by atoms with Crippen molar-refractivity contribution >= 4 is 52.2 Å². The number of rotatable bonds is 5. The van der Waals surface area contributed by atoms with E-state index >= 15 is 0 Å². The van der Waals surface area contributed by atoms with Crippen LogP contribution in [0.25, 0.3) is 0 Å². The van der Waals surface area contributed by atoms with E-state index in [0.717, 1.165) is 33.6 Å². The van der Waals surface area contributed by atoms with E-state index < -0.39 is 51.3 Å². The van der Waals surface area contributed by atoms with Gasteiger partial charge in [0.15, 0.2) is 0 Å². The molecule has 1 N–H and O–H groups in total. The fourth-order valence-electron chi connectivity index (χ4n) is 5.20. The van der Waals surface area contributed by atoms with Crippen LogP contribution in [0.4, 0.5) is 20.2 Å². The van der Waals surface area contributed by atoms with Crippen LogP contribution in [-0.2, 0) is 20.9 Å². The van der Waals surface area contributed by atoms with Crippen LogP contribution in [0.15, 0.2) is 82.6 Å². The Kier molecular flexibility index (Phi) is 6.63. The number of aromatic nitrogens is 1.